The summed E-state index contributed by atoms with van der Waals surface area (Å²) in [5.41, 5.74) is 5.17. The third-order valence-electron chi connectivity index (χ3n) is 3.19. The second kappa shape index (κ2) is 3.85. The van der Waals surface area contributed by atoms with E-state index in [4.69, 9.17) is 5.73 Å². The van der Waals surface area contributed by atoms with Crippen molar-refractivity contribution in [2.24, 2.45) is 5.73 Å². The van der Waals surface area contributed by atoms with Crippen molar-refractivity contribution in [1.82, 2.24) is 5.32 Å². The minimum Gasteiger partial charge on any atom is -0.347 e. The molecule has 0 aromatic heterocycles. The maximum Gasteiger partial charge on any atom is 0.240 e. The van der Waals surface area contributed by atoms with Crippen molar-refractivity contribution in [1.29, 1.82) is 0 Å². The molecule has 1 amide bonds. The fourth-order valence-corrected chi connectivity index (χ4v) is 3.45. The molecule has 2 aliphatic rings. The summed E-state index contributed by atoms with van der Waals surface area (Å²) in [6.45, 7) is 0. The summed E-state index contributed by atoms with van der Waals surface area (Å²) in [4.78, 5) is 11.9. The van der Waals surface area contributed by atoms with Crippen molar-refractivity contribution in [3.63, 3.8) is 0 Å². The summed E-state index contributed by atoms with van der Waals surface area (Å²) < 4.78 is 22.3. The van der Waals surface area contributed by atoms with E-state index >= 15 is 0 Å². The molecule has 0 bridgehead atoms. The van der Waals surface area contributed by atoms with Crippen molar-refractivity contribution >= 4 is 15.7 Å². The fraction of sp³-hybridized carbons (Fsp3) is 0.700. The third-order valence-corrected chi connectivity index (χ3v) is 4.59. The van der Waals surface area contributed by atoms with Gasteiger partial charge in [0.15, 0.2) is 9.84 Å². The average Bonchev–Trinajstić information content (AvgIpc) is 2.74. The van der Waals surface area contributed by atoms with Gasteiger partial charge in [-0.25, -0.2) is 8.42 Å². The molecule has 0 spiro atoms. The number of nitrogens with two attached hydrogens (primary N) is 1. The van der Waals surface area contributed by atoms with Gasteiger partial charge in [-0.05, 0) is 18.9 Å². The Kier molecular flexibility index (Phi) is 2.79. The van der Waals surface area contributed by atoms with E-state index in [1.165, 1.54) is 6.08 Å². The molecule has 1 atom stereocenters. The molecule has 90 valence electrons. The minimum atomic E-state index is -3.12. The van der Waals surface area contributed by atoms with Gasteiger partial charge >= 0.3 is 0 Å². The number of rotatable bonds is 2. The molecule has 1 aliphatic carbocycles. The number of sulfone groups is 1. The summed E-state index contributed by atoms with van der Waals surface area (Å²) in [7, 11) is -3.12. The van der Waals surface area contributed by atoms with Crippen LogP contribution in [0.1, 0.15) is 25.7 Å². The number of carbonyl (C=O) groups excluding carboxylic acids is 1. The molecule has 0 radical (unpaired) electrons. The molecule has 1 fully saturated rings. The standard InChI is InChI=1S/C10H16N2O3S/c11-10(4-1-2-5-10)9(13)12-8-3-6-16(14,15)7-8/h3,6,8H,1-2,4-5,7,11H2,(H,12,13). The molecule has 0 aromatic carbocycles. The Hall–Kier alpha value is -0.880. The van der Waals surface area contributed by atoms with E-state index in [-0.39, 0.29) is 11.7 Å². The predicted molar refractivity (Wildman–Crippen MR) is 60.2 cm³/mol. The van der Waals surface area contributed by atoms with Crippen LogP contribution in [0.2, 0.25) is 0 Å². The quantitative estimate of drug-likeness (QED) is 0.697. The minimum absolute atomic E-state index is 0.0468. The first kappa shape index (κ1) is 11.6. The van der Waals surface area contributed by atoms with Crippen molar-refractivity contribution in [3.8, 4) is 0 Å². The molecule has 3 N–H and O–H groups in total. The van der Waals surface area contributed by atoms with Crippen LogP contribution in [0.25, 0.3) is 0 Å². The van der Waals surface area contributed by atoms with Crippen molar-refractivity contribution in [3.05, 3.63) is 11.5 Å². The monoisotopic (exact) mass is 244 g/mol. The zero-order chi connectivity index (χ0) is 11.8. The number of carbonyl (C=O) groups is 1. The Morgan fingerprint density at radius 1 is 1.38 bits per heavy atom. The molecular weight excluding hydrogens is 228 g/mol. The predicted octanol–water partition coefficient (Wildman–Crippen LogP) is -0.315. The lowest BCUT2D eigenvalue weighted by Crippen LogP contribution is -2.54. The van der Waals surface area contributed by atoms with Gasteiger partial charge in [-0.15, -0.1) is 0 Å². The van der Waals surface area contributed by atoms with E-state index in [0.29, 0.717) is 12.8 Å². The number of hydrogen-bond acceptors (Lipinski definition) is 4. The van der Waals surface area contributed by atoms with Crippen LogP contribution in [-0.4, -0.2) is 31.7 Å². The molecule has 1 saturated carbocycles. The van der Waals surface area contributed by atoms with Crippen LogP contribution < -0.4 is 11.1 Å². The fourth-order valence-electron chi connectivity index (χ4n) is 2.21. The van der Waals surface area contributed by atoms with Crippen molar-refractivity contribution < 1.29 is 13.2 Å². The van der Waals surface area contributed by atoms with Crippen LogP contribution in [-0.2, 0) is 14.6 Å². The van der Waals surface area contributed by atoms with Gasteiger partial charge in [0.25, 0.3) is 0 Å². The number of amides is 1. The molecule has 16 heavy (non-hydrogen) atoms. The van der Waals surface area contributed by atoms with Crippen LogP contribution in [0, 0.1) is 0 Å². The number of nitrogens with one attached hydrogen (secondary N) is 1. The highest BCUT2D eigenvalue weighted by Gasteiger charge is 2.38. The van der Waals surface area contributed by atoms with Gasteiger partial charge in [-0.1, -0.05) is 12.8 Å². The first-order chi connectivity index (χ1) is 7.41. The molecule has 0 aromatic rings. The maximum atomic E-state index is 11.9. The van der Waals surface area contributed by atoms with Crippen LogP contribution in [0.4, 0.5) is 0 Å². The summed E-state index contributed by atoms with van der Waals surface area (Å²) >= 11 is 0. The van der Waals surface area contributed by atoms with Crippen LogP contribution in [0.15, 0.2) is 11.5 Å². The smallest absolute Gasteiger partial charge is 0.240 e. The Morgan fingerprint density at radius 2 is 2.00 bits per heavy atom. The average molecular weight is 244 g/mol. The Balaban J connectivity index is 1.96. The second-order valence-electron chi connectivity index (χ2n) is 4.60. The Labute approximate surface area is 95.0 Å². The summed E-state index contributed by atoms with van der Waals surface area (Å²) in [5, 5.41) is 3.84. The largest absolute Gasteiger partial charge is 0.347 e. The highest BCUT2D eigenvalue weighted by atomic mass is 32.2. The second-order valence-corrected chi connectivity index (χ2v) is 6.53. The van der Waals surface area contributed by atoms with Gasteiger partial charge in [-0.3, -0.25) is 4.79 Å². The normalized spacial score (nSPS) is 30.4. The SMILES string of the molecule is NC1(C(=O)NC2C=CS(=O)(=O)C2)CCCC1. The molecule has 2 rings (SSSR count). The zero-order valence-corrected chi connectivity index (χ0v) is 9.79. The van der Waals surface area contributed by atoms with E-state index in [0.717, 1.165) is 18.2 Å². The van der Waals surface area contributed by atoms with Crippen molar-refractivity contribution in [2.75, 3.05) is 5.75 Å². The molecular formula is C10H16N2O3S. The van der Waals surface area contributed by atoms with Crippen LogP contribution in [0.5, 0.6) is 0 Å². The van der Waals surface area contributed by atoms with Gasteiger partial charge < -0.3 is 11.1 Å². The molecule has 0 saturated heterocycles. The molecule has 1 unspecified atom stereocenters. The third kappa shape index (κ3) is 2.27. The lowest BCUT2D eigenvalue weighted by Gasteiger charge is -2.24. The highest BCUT2D eigenvalue weighted by Crippen LogP contribution is 2.27. The topological polar surface area (TPSA) is 89.3 Å². The maximum absolute atomic E-state index is 11.9. The van der Waals surface area contributed by atoms with Crippen LogP contribution in [0.3, 0.4) is 0 Å². The Bertz CT molecular complexity index is 421. The van der Waals surface area contributed by atoms with Crippen molar-refractivity contribution in [2.45, 2.75) is 37.3 Å². The molecule has 1 heterocycles. The van der Waals surface area contributed by atoms with Crippen LogP contribution >= 0.6 is 0 Å². The first-order valence-corrected chi connectivity index (χ1v) is 7.14. The van der Waals surface area contributed by atoms with E-state index in [2.05, 4.69) is 5.32 Å². The number of hydrogen-bond donors (Lipinski definition) is 2. The summed E-state index contributed by atoms with van der Waals surface area (Å²) in [5.74, 6) is -0.272. The summed E-state index contributed by atoms with van der Waals surface area (Å²) in [6.07, 6.45) is 4.79. The first-order valence-electron chi connectivity index (χ1n) is 5.42. The zero-order valence-electron chi connectivity index (χ0n) is 8.98. The van der Waals surface area contributed by atoms with E-state index in [1.807, 2.05) is 0 Å². The van der Waals surface area contributed by atoms with Gasteiger partial charge in [0.1, 0.15) is 0 Å². The highest BCUT2D eigenvalue weighted by molar-refractivity contribution is 7.94. The molecule has 5 nitrogen and oxygen atoms in total. The van der Waals surface area contributed by atoms with Gasteiger partial charge in [0, 0.05) is 5.41 Å². The molecule has 1 aliphatic heterocycles. The Morgan fingerprint density at radius 3 is 2.50 bits per heavy atom. The lowest BCUT2D eigenvalue weighted by molar-refractivity contribution is -0.126. The van der Waals surface area contributed by atoms with E-state index in [1.54, 1.807) is 0 Å². The van der Waals surface area contributed by atoms with Gasteiger partial charge in [0.2, 0.25) is 5.91 Å². The summed E-state index contributed by atoms with van der Waals surface area (Å²) in [6, 6.07) is -0.418. The molecule has 6 heteroatoms. The van der Waals surface area contributed by atoms with E-state index in [9.17, 15) is 13.2 Å². The lowest BCUT2D eigenvalue weighted by atomic mass is 9.98. The van der Waals surface area contributed by atoms with Gasteiger partial charge in [-0.2, -0.15) is 0 Å². The van der Waals surface area contributed by atoms with Gasteiger partial charge in [0.05, 0.1) is 17.3 Å². The van der Waals surface area contributed by atoms with E-state index < -0.39 is 21.4 Å².